The van der Waals surface area contributed by atoms with E-state index >= 15 is 0 Å². The average molecular weight is 388 g/mol. The van der Waals surface area contributed by atoms with Gasteiger partial charge in [0.25, 0.3) is 0 Å². The third-order valence-corrected chi connectivity index (χ3v) is 6.06. The Balaban J connectivity index is 1.67. The normalized spacial score (nSPS) is 28.0. The highest BCUT2D eigenvalue weighted by atomic mass is 35.5. The number of aromatic nitrogens is 2. The number of carbonyl (C=O) groups is 2. The number of carbonyl (C=O) groups excluding carboxylic acids is 2. The molecule has 4 rings (SSSR count). The van der Waals surface area contributed by atoms with Gasteiger partial charge in [0.15, 0.2) is 5.78 Å². The molecule has 6 nitrogen and oxygen atoms in total. The summed E-state index contributed by atoms with van der Waals surface area (Å²) in [7, 11) is 1.69. The zero-order valence-corrected chi connectivity index (χ0v) is 16.1. The van der Waals surface area contributed by atoms with E-state index in [-0.39, 0.29) is 17.8 Å². The zero-order chi connectivity index (χ0) is 19.2. The Morgan fingerprint density at radius 2 is 2.04 bits per heavy atom. The molecule has 0 bridgehead atoms. The third-order valence-electron chi connectivity index (χ3n) is 5.87. The Labute approximate surface area is 162 Å². The number of ketones is 1. The number of aryl methyl sites for hydroxylation is 1. The molecule has 2 aliphatic rings. The van der Waals surface area contributed by atoms with Crippen molar-refractivity contribution in [2.75, 3.05) is 7.11 Å². The smallest absolute Gasteiger partial charge is 0.235 e. The molecule has 1 N–H and O–H groups in total. The fourth-order valence-corrected chi connectivity index (χ4v) is 4.40. The van der Waals surface area contributed by atoms with Gasteiger partial charge < -0.3 is 10.1 Å². The van der Waals surface area contributed by atoms with Crippen LogP contribution in [0.4, 0.5) is 0 Å². The van der Waals surface area contributed by atoms with E-state index < -0.39 is 11.5 Å². The van der Waals surface area contributed by atoms with Crippen molar-refractivity contribution in [3.8, 4) is 5.69 Å². The molecule has 2 heterocycles. The van der Waals surface area contributed by atoms with Gasteiger partial charge in [0.05, 0.1) is 28.5 Å². The first-order valence-corrected chi connectivity index (χ1v) is 9.51. The van der Waals surface area contributed by atoms with E-state index in [4.69, 9.17) is 16.3 Å². The highest BCUT2D eigenvalue weighted by Gasteiger charge is 2.54. The van der Waals surface area contributed by atoms with Gasteiger partial charge in [-0.3, -0.25) is 9.59 Å². The number of amides is 1. The zero-order valence-electron chi connectivity index (χ0n) is 15.4. The quantitative estimate of drug-likeness (QED) is 0.822. The molecule has 7 heteroatoms. The predicted octanol–water partition coefficient (Wildman–Crippen LogP) is 2.94. The number of ether oxygens (including phenoxy) is 1. The van der Waals surface area contributed by atoms with Crippen LogP contribution in [-0.2, 0) is 14.3 Å². The van der Waals surface area contributed by atoms with Gasteiger partial charge in [-0.1, -0.05) is 17.7 Å². The summed E-state index contributed by atoms with van der Waals surface area (Å²) in [6, 6.07) is 5.67. The standard InChI is InChI=1S/C20H22ClN3O3/c1-12-3-4-14(24-11-13(21)10-22-24)9-16(12)17-18(25)20(23-19(17)26)7-5-15(27-2)6-8-20/h3-4,9-11,15,17H,5-8H2,1-2H3,(H,23,26). The van der Waals surface area contributed by atoms with E-state index in [2.05, 4.69) is 10.4 Å². The molecule has 27 heavy (non-hydrogen) atoms. The highest BCUT2D eigenvalue weighted by molar-refractivity contribution is 6.30. The predicted molar refractivity (Wildman–Crippen MR) is 101 cm³/mol. The molecule has 0 radical (unpaired) electrons. The van der Waals surface area contributed by atoms with Crippen LogP contribution in [0.3, 0.4) is 0 Å². The monoisotopic (exact) mass is 387 g/mol. The van der Waals surface area contributed by atoms with Crippen molar-refractivity contribution < 1.29 is 14.3 Å². The third kappa shape index (κ3) is 3.07. The lowest BCUT2D eigenvalue weighted by atomic mass is 9.75. The van der Waals surface area contributed by atoms with Crippen LogP contribution in [0.5, 0.6) is 0 Å². The topological polar surface area (TPSA) is 73.2 Å². The largest absolute Gasteiger partial charge is 0.381 e. The molecule has 1 unspecified atom stereocenters. The summed E-state index contributed by atoms with van der Waals surface area (Å²) in [6.07, 6.45) is 6.21. The van der Waals surface area contributed by atoms with Crippen LogP contribution in [0.1, 0.15) is 42.7 Å². The summed E-state index contributed by atoms with van der Waals surface area (Å²) in [6.45, 7) is 1.92. The summed E-state index contributed by atoms with van der Waals surface area (Å²) in [5.74, 6) is -1.02. The summed E-state index contributed by atoms with van der Waals surface area (Å²) >= 11 is 5.96. The average Bonchev–Trinajstić information content (AvgIpc) is 3.19. The molecule has 1 atom stereocenters. The van der Waals surface area contributed by atoms with Crippen molar-refractivity contribution in [2.45, 2.75) is 50.2 Å². The number of halogens is 1. The number of methoxy groups -OCH3 is 1. The van der Waals surface area contributed by atoms with Crippen LogP contribution >= 0.6 is 11.6 Å². The van der Waals surface area contributed by atoms with Gasteiger partial charge in [-0.2, -0.15) is 5.10 Å². The van der Waals surface area contributed by atoms with Crippen LogP contribution in [0.2, 0.25) is 5.02 Å². The number of nitrogens with one attached hydrogen (secondary N) is 1. The molecular formula is C20H22ClN3O3. The maximum absolute atomic E-state index is 13.3. The molecule has 1 aliphatic carbocycles. The van der Waals surface area contributed by atoms with Gasteiger partial charge in [-0.05, 0) is 55.9 Å². The Hall–Kier alpha value is -2.18. The first kappa shape index (κ1) is 18.2. The SMILES string of the molecule is COC1CCC2(CC1)NC(=O)C(c1cc(-n3cc(Cl)cn3)ccc1C)C2=O. The molecular weight excluding hydrogens is 366 g/mol. The molecule has 2 aromatic rings. The Morgan fingerprint density at radius 3 is 2.67 bits per heavy atom. The summed E-state index contributed by atoms with van der Waals surface area (Å²) in [5.41, 5.74) is 1.65. The van der Waals surface area contributed by atoms with Gasteiger partial charge in [-0.25, -0.2) is 4.68 Å². The van der Waals surface area contributed by atoms with E-state index in [1.807, 2.05) is 25.1 Å². The molecule has 1 aliphatic heterocycles. The molecule has 1 aromatic carbocycles. The number of nitrogens with zero attached hydrogens (tertiary/aromatic N) is 2. The second kappa shape index (κ2) is 6.77. The summed E-state index contributed by atoms with van der Waals surface area (Å²) in [4.78, 5) is 26.1. The van der Waals surface area contributed by atoms with E-state index in [0.29, 0.717) is 17.9 Å². The molecule has 142 valence electrons. The Morgan fingerprint density at radius 1 is 1.30 bits per heavy atom. The second-order valence-electron chi connectivity index (χ2n) is 7.45. The maximum atomic E-state index is 13.3. The number of benzene rings is 1. The van der Waals surface area contributed by atoms with Crippen molar-refractivity contribution in [3.63, 3.8) is 0 Å². The number of rotatable bonds is 3. The number of Topliss-reactive ketones (excluding diaryl/α,β-unsaturated/α-hetero) is 1. The minimum atomic E-state index is -0.782. The van der Waals surface area contributed by atoms with Crippen LogP contribution in [0, 0.1) is 6.92 Å². The van der Waals surface area contributed by atoms with E-state index in [0.717, 1.165) is 29.7 Å². The summed E-state index contributed by atoms with van der Waals surface area (Å²) < 4.78 is 7.05. The lowest BCUT2D eigenvalue weighted by Gasteiger charge is -2.35. The first-order chi connectivity index (χ1) is 12.9. The van der Waals surface area contributed by atoms with Gasteiger partial charge in [0.1, 0.15) is 5.92 Å². The van der Waals surface area contributed by atoms with Crippen molar-refractivity contribution in [2.24, 2.45) is 0 Å². The van der Waals surface area contributed by atoms with Crippen molar-refractivity contribution in [3.05, 3.63) is 46.7 Å². The summed E-state index contributed by atoms with van der Waals surface area (Å²) in [5, 5.41) is 7.75. The van der Waals surface area contributed by atoms with Gasteiger partial charge in [0.2, 0.25) is 5.91 Å². The minimum Gasteiger partial charge on any atom is -0.381 e. The number of hydrogen-bond acceptors (Lipinski definition) is 4. The lowest BCUT2D eigenvalue weighted by molar-refractivity contribution is -0.126. The maximum Gasteiger partial charge on any atom is 0.235 e. The first-order valence-electron chi connectivity index (χ1n) is 9.14. The molecule has 1 spiro atoms. The van der Waals surface area contributed by atoms with E-state index in [1.54, 1.807) is 24.2 Å². The van der Waals surface area contributed by atoms with E-state index in [1.165, 1.54) is 0 Å². The van der Waals surface area contributed by atoms with Gasteiger partial charge in [-0.15, -0.1) is 0 Å². The minimum absolute atomic E-state index is 0.0270. The molecule has 1 amide bonds. The van der Waals surface area contributed by atoms with Crippen molar-refractivity contribution >= 4 is 23.3 Å². The fourth-order valence-electron chi connectivity index (χ4n) is 4.26. The number of hydrogen-bond donors (Lipinski definition) is 1. The van der Waals surface area contributed by atoms with Crippen molar-refractivity contribution in [1.29, 1.82) is 0 Å². The van der Waals surface area contributed by atoms with Crippen LogP contribution in [-0.4, -0.2) is 40.2 Å². The molecule has 1 saturated carbocycles. The van der Waals surface area contributed by atoms with Gasteiger partial charge in [0, 0.05) is 13.3 Å². The Kier molecular flexibility index (Phi) is 4.56. The molecule has 1 saturated heterocycles. The van der Waals surface area contributed by atoms with Gasteiger partial charge >= 0.3 is 0 Å². The van der Waals surface area contributed by atoms with Crippen LogP contribution in [0.25, 0.3) is 5.69 Å². The highest BCUT2D eigenvalue weighted by Crippen LogP contribution is 2.40. The lowest BCUT2D eigenvalue weighted by Crippen LogP contribution is -2.50. The Bertz CT molecular complexity index is 900. The van der Waals surface area contributed by atoms with Crippen LogP contribution in [0.15, 0.2) is 30.6 Å². The molecule has 1 aromatic heterocycles. The second-order valence-corrected chi connectivity index (χ2v) is 7.88. The fraction of sp³-hybridized carbons (Fsp3) is 0.450. The molecule has 2 fully saturated rings. The van der Waals surface area contributed by atoms with Crippen molar-refractivity contribution in [1.82, 2.24) is 15.1 Å². The van der Waals surface area contributed by atoms with Crippen LogP contribution < -0.4 is 5.32 Å². The van der Waals surface area contributed by atoms with E-state index in [9.17, 15) is 9.59 Å².